The molecule has 0 aromatic rings. The molecule has 0 amide bonds. The van der Waals surface area contributed by atoms with Crippen LogP contribution in [-0.2, 0) is 0 Å². The van der Waals surface area contributed by atoms with Crippen LogP contribution in [0.3, 0.4) is 0 Å². The molecule has 1 nitrogen and oxygen atoms in total. The molecule has 3 fully saturated rings. The highest BCUT2D eigenvalue weighted by atomic mass is 14.9. The van der Waals surface area contributed by atoms with Crippen LogP contribution in [0.25, 0.3) is 0 Å². The van der Waals surface area contributed by atoms with E-state index in [2.05, 4.69) is 12.2 Å². The van der Waals surface area contributed by atoms with Crippen molar-refractivity contribution in [3.05, 3.63) is 0 Å². The molecule has 110 valence electrons. The molecule has 0 saturated heterocycles. The quantitative estimate of drug-likeness (QED) is 0.698. The predicted molar refractivity (Wildman–Crippen MR) is 82.2 cm³/mol. The second-order valence-electron chi connectivity index (χ2n) is 7.71. The Bertz CT molecular complexity index is 269. The Kier molecular flexibility index (Phi) is 4.84. The Balaban J connectivity index is 1.49. The molecule has 3 rings (SSSR count). The van der Waals surface area contributed by atoms with Gasteiger partial charge in [0, 0.05) is 6.04 Å². The average Bonchev–Trinajstić information content (AvgIpc) is 3.12. The molecule has 4 atom stereocenters. The van der Waals surface area contributed by atoms with E-state index in [1.165, 1.54) is 51.5 Å². The molecule has 3 aliphatic carbocycles. The normalized spacial score (nSPS) is 36.2. The number of nitrogens with one attached hydrogen (secondary N) is 1. The lowest BCUT2D eigenvalue weighted by molar-refractivity contribution is 0.256. The third kappa shape index (κ3) is 3.54. The van der Waals surface area contributed by atoms with Gasteiger partial charge in [-0.2, -0.15) is 0 Å². The number of hydrogen-bond donors (Lipinski definition) is 1. The Morgan fingerprint density at radius 1 is 1.00 bits per heavy atom. The van der Waals surface area contributed by atoms with Crippen molar-refractivity contribution in [2.24, 2.45) is 23.7 Å². The van der Waals surface area contributed by atoms with Crippen LogP contribution >= 0.6 is 0 Å². The van der Waals surface area contributed by atoms with Crippen molar-refractivity contribution < 1.29 is 0 Å². The van der Waals surface area contributed by atoms with Crippen molar-refractivity contribution in [1.82, 2.24) is 5.32 Å². The molecular weight excluding hydrogens is 230 g/mol. The van der Waals surface area contributed by atoms with E-state index in [-0.39, 0.29) is 0 Å². The third-order valence-corrected chi connectivity index (χ3v) is 6.25. The summed E-state index contributed by atoms with van der Waals surface area (Å²) in [4.78, 5) is 0. The zero-order chi connectivity index (χ0) is 13.1. The van der Waals surface area contributed by atoms with Gasteiger partial charge in [-0.3, -0.25) is 0 Å². The molecular formula is C18H33N. The Labute approximate surface area is 119 Å². The van der Waals surface area contributed by atoms with Crippen LogP contribution in [0.15, 0.2) is 0 Å². The molecule has 1 N–H and O–H groups in total. The highest BCUT2D eigenvalue weighted by Crippen LogP contribution is 2.50. The minimum Gasteiger partial charge on any atom is -0.314 e. The summed E-state index contributed by atoms with van der Waals surface area (Å²) in [5, 5.41) is 3.88. The van der Waals surface area contributed by atoms with Gasteiger partial charge in [-0.15, -0.1) is 0 Å². The Morgan fingerprint density at radius 3 is 2.47 bits per heavy atom. The summed E-state index contributed by atoms with van der Waals surface area (Å²) in [5.74, 6) is 4.36. The van der Waals surface area contributed by atoms with Gasteiger partial charge < -0.3 is 5.32 Å². The molecule has 19 heavy (non-hydrogen) atoms. The topological polar surface area (TPSA) is 12.0 Å². The first-order valence-electron chi connectivity index (χ1n) is 9.08. The highest BCUT2D eigenvalue weighted by Gasteiger charge is 2.40. The maximum absolute atomic E-state index is 3.88. The summed E-state index contributed by atoms with van der Waals surface area (Å²) >= 11 is 0. The first-order chi connectivity index (χ1) is 9.35. The molecule has 3 aliphatic rings. The Hall–Kier alpha value is -0.0400. The van der Waals surface area contributed by atoms with Crippen molar-refractivity contribution in [2.45, 2.75) is 83.6 Å². The van der Waals surface area contributed by atoms with E-state index in [4.69, 9.17) is 0 Å². The van der Waals surface area contributed by atoms with Crippen LogP contribution in [0.4, 0.5) is 0 Å². The molecule has 2 bridgehead atoms. The summed E-state index contributed by atoms with van der Waals surface area (Å²) < 4.78 is 0. The maximum Gasteiger partial charge on any atom is 0.00724 e. The van der Waals surface area contributed by atoms with E-state index in [9.17, 15) is 0 Å². The number of hydrogen-bond acceptors (Lipinski definition) is 1. The summed E-state index contributed by atoms with van der Waals surface area (Å²) in [7, 11) is 0. The lowest BCUT2D eigenvalue weighted by Gasteiger charge is -2.29. The predicted octanol–water partition coefficient (Wildman–Crippen LogP) is 4.76. The molecule has 0 aliphatic heterocycles. The van der Waals surface area contributed by atoms with Gasteiger partial charge in [0.15, 0.2) is 0 Å². The molecule has 0 radical (unpaired) electrons. The maximum atomic E-state index is 3.88. The minimum atomic E-state index is 0.840. The second-order valence-corrected chi connectivity index (χ2v) is 7.71. The van der Waals surface area contributed by atoms with Gasteiger partial charge >= 0.3 is 0 Å². The number of rotatable bonds is 7. The summed E-state index contributed by atoms with van der Waals surface area (Å²) in [6.07, 6.45) is 16.6. The van der Waals surface area contributed by atoms with E-state index in [1.807, 2.05) is 0 Å². The molecule has 4 unspecified atom stereocenters. The smallest absolute Gasteiger partial charge is 0.00724 e. The lowest BCUT2D eigenvalue weighted by Crippen LogP contribution is -2.34. The molecule has 0 heterocycles. The van der Waals surface area contributed by atoms with Crippen molar-refractivity contribution in [1.29, 1.82) is 0 Å². The first-order valence-corrected chi connectivity index (χ1v) is 9.08. The van der Waals surface area contributed by atoms with Gasteiger partial charge in [-0.1, -0.05) is 39.0 Å². The van der Waals surface area contributed by atoms with Gasteiger partial charge in [0.1, 0.15) is 0 Å². The molecule has 3 saturated carbocycles. The minimum absolute atomic E-state index is 0.840. The third-order valence-electron chi connectivity index (χ3n) is 6.25. The summed E-state index contributed by atoms with van der Waals surface area (Å²) in [5.41, 5.74) is 0. The number of fused-ring (bicyclic) bond motifs is 2. The van der Waals surface area contributed by atoms with Crippen molar-refractivity contribution in [2.75, 3.05) is 6.54 Å². The fourth-order valence-corrected chi connectivity index (χ4v) is 5.29. The van der Waals surface area contributed by atoms with Gasteiger partial charge in [0.25, 0.3) is 0 Å². The SMILES string of the molecule is CCCNC(CC1CCCC1)CC1CC2CCC1C2. The fraction of sp³-hybridized carbons (Fsp3) is 1.00. The first kappa shape index (κ1) is 13.9. The van der Waals surface area contributed by atoms with Crippen LogP contribution in [-0.4, -0.2) is 12.6 Å². The average molecular weight is 263 g/mol. The second kappa shape index (κ2) is 6.61. The van der Waals surface area contributed by atoms with Gasteiger partial charge in [-0.25, -0.2) is 0 Å². The largest absolute Gasteiger partial charge is 0.314 e. The van der Waals surface area contributed by atoms with Crippen LogP contribution in [0.1, 0.15) is 77.6 Å². The van der Waals surface area contributed by atoms with Crippen molar-refractivity contribution >= 4 is 0 Å². The van der Waals surface area contributed by atoms with E-state index in [0.717, 1.165) is 29.7 Å². The molecule has 0 aromatic heterocycles. The monoisotopic (exact) mass is 263 g/mol. The van der Waals surface area contributed by atoms with Crippen LogP contribution < -0.4 is 5.32 Å². The van der Waals surface area contributed by atoms with E-state index >= 15 is 0 Å². The molecule has 0 spiro atoms. The van der Waals surface area contributed by atoms with Crippen molar-refractivity contribution in [3.8, 4) is 0 Å². The lowest BCUT2D eigenvalue weighted by atomic mass is 9.82. The van der Waals surface area contributed by atoms with E-state index in [0.29, 0.717) is 0 Å². The van der Waals surface area contributed by atoms with Crippen LogP contribution in [0.5, 0.6) is 0 Å². The van der Waals surface area contributed by atoms with Gasteiger partial charge in [0.05, 0.1) is 0 Å². The molecule has 0 aromatic carbocycles. The summed E-state index contributed by atoms with van der Waals surface area (Å²) in [6.45, 7) is 3.54. The zero-order valence-electron chi connectivity index (χ0n) is 12.9. The highest BCUT2D eigenvalue weighted by molar-refractivity contribution is 4.92. The Morgan fingerprint density at radius 2 is 1.84 bits per heavy atom. The zero-order valence-corrected chi connectivity index (χ0v) is 12.9. The van der Waals surface area contributed by atoms with Gasteiger partial charge in [0.2, 0.25) is 0 Å². The fourth-order valence-electron chi connectivity index (χ4n) is 5.29. The van der Waals surface area contributed by atoms with Crippen molar-refractivity contribution in [3.63, 3.8) is 0 Å². The van der Waals surface area contributed by atoms with Gasteiger partial charge in [-0.05, 0) is 68.7 Å². The van der Waals surface area contributed by atoms with E-state index in [1.54, 1.807) is 25.7 Å². The molecule has 1 heteroatoms. The summed E-state index contributed by atoms with van der Waals surface area (Å²) in [6, 6.07) is 0.840. The van der Waals surface area contributed by atoms with Crippen LogP contribution in [0.2, 0.25) is 0 Å². The van der Waals surface area contributed by atoms with E-state index < -0.39 is 0 Å². The standard InChI is InChI=1S/C18H33N/c1-2-9-19-18(12-14-5-3-4-6-14)13-17-11-15-7-8-16(17)10-15/h14-19H,2-13H2,1H3. The van der Waals surface area contributed by atoms with Crippen LogP contribution in [0, 0.1) is 23.7 Å².